The van der Waals surface area contributed by atoms with Crippen LogP contribution in [0.3, 0.4) is 0 Å². The smallest absolute Gasteiger partial charge is 0.335 e. The highest BCUT2D eigenvalue weighted by molar-refractivity contribution is 6.00. The molecule has 3 N–H and O–H groups in total. The van der Waals surface area contributed by atoms with Crippen LogP contribution in [0.1, 0.15) is 15.9 Å². The van der Waals surface area contributed by atoms with Crippen molar-refractivity contribution in [3.8, 4) is 0 Å². The van der Waals surface area contributed by atoms with Gasteiger partial charge in [-0.3, -0.25) is 10.1 Å². The van der Waals surface area contributed by atoms with Crippen molar-refractivity contribution < 1.29 is 19.6 Å². The highest BCUT2D eigenvalue weighted by Gasteiger charge is 2.11. The molecule has 0 aromatic heterocycles. The molecule has 0 heterocycles. The highest BCUT2D eigenvalue weighted by atomic mass is 16.6. The molecule has 0 fully saturated rings. The molecule has 2 aromatic rings. The minimum atomic E-state index is -1.06. The summed E-state index contributed by atoms with van der Waals surface area (Å²) in [7, 11) is 0. The number of nitro benzene ring substituents is 1. The molecular weight excluding hydrogens is 302 g/mol. The van der Waals surface area contributed by atoms with Crippen LogP contribution < -0.4 is 10.6 Å². The van der Waals surface area contributed by atoms with Gasteiger partial charge < -0.3 is 15.7 Å². The molecule has 8 heteroatoms. The van der Waals surface area contributed by atoms with Gasteiger partial charge in [-0.2, -0.15) is 0 Å². The number of hydrogen-bond donors (Lipinski definition) is 3. The highest BCUT2D eigenvalue weighted by Crippen LogP contribution is 2.22. The molecule has 0 unspecified atom stereocenters. The summed E-state index contributed by atoms with van der Waals surface area (Å²) in [6.07, 6.45) is 0. The van der Waals surface area contributed by atoms with E-state index in [-0.39, 0.29) is 11.3 Å². The predicted molar refractivity (Wildman–Crippen MR) is 83.9 cm³/mol. The lowest BCUT2D eigenvalue weighted by atomic mass is 10.2. The molecular formula is C15H13N3O5. The number of aromatic carboxylic acids is 1. The van der Waals surface area contributed by atoms with E-state index in [1.54, 1.807) is 6.92 Å². The van der Waals surface area contributed by atoms with E-state index in [0.29, 0.717) is 16.9 Å². The first-order valence-corrected chi connectivity index (χ1v) is 6.53. The van der Waals surface area contributed by atoms with E-state index in [9.17, 15) is 19.7 Å². The SMILES string of the molecule is Cc1ccc([N+](=O)[O-])cc1NC(=O)Nc1ccc(C(=O)O)cc1. The third-order valence-corrected chi connectivity index (χ3v) is 3.07. The Bertz CT molecular complexity index is 771. The fourth-order valence-electron chi connectivity index (χ4n) is 1.84. The number of carbonyl (C=O) groups excluding carboxylic acids is 1. The van der Waals surface area contributed by atoms with Crippen LogP contribution in [0.5, 0.6) is 0 Å². The number of urea groups is 1. The van der Waals surface area contributed by atoms with Gasteiger partial charge in [0.25, 0.3) is 5.69 Å². The molecule has 0 aliphatic rings. The lowest BCUT2D eigenvalue weighted by Gasteiger charge is -2.10. The lowest BCUT2D eigenvalue weighted by Crippen LogP contribution is -2.20. The average molecular weight is 315 g/mol. The summed E-state index contributed by atoms with van der Waals surface area (Å²) in [6.45, 7) is 1.71. The molecule has 0 bridgehead atoms. The molecule has 2 rings (SSSR count). The average Bonchev–Trinajstić information content (AvgIpc) is 2.49. The number of anilines is 2. The maximum Gasteiger partial charge on any atom is 0.335 e. The van der Waals surface area contributed by atoms with Crippen LogP contribution in [0.15, 0.2) is 42.5 Å². The van der Waals surface area contributed by atoms with Crippen LogP contribution in [0.25, 0.3) is 0 Å². The Labute approximate surface area is 130 Å². The van der Waals surface area contributed by atoms with Gasteiger partial charge in [0.15, 0.2) is 0 Å². The van der Waals surface area contributed by atoms with Crippen LogP contribution in [0.2, 0.25) is 0 Å². The van der Waals surface area contributed by atoms with Crippen molar-refractivity contribution in [2.75, 3.05) is 10.6 Å². The van der Waals surface area contributed by atoms with E-state index < -0.39 is 16.9 Å². The summed E-state index contributed by atoms with van der Waals surface area (Å²) < 4.78 is 0. The number of carboxylic acids is 1. The van der Waals surface area contributed by atoms with Crippen molar-refractivity contribution >= 4 is 29.1 Å². The van der Waals surface area contributed by atoms with Crippen molar-refractivity contribution in [3.05, 3.63) is 63.7 Å². The normalized spacial score (nSPS) is 9.96. The van der Waals surface area contributed by atoms with E-state index in [1.165, 1.54) is 42.5 Å². The van der Waals surface area contributed by atoms with E-state index in [1.807, 2.05) is 0 Å². The zero-order chi connectivity index (χ0) is 17.0. The number of non-ortho nitro benzene ring substituents is 1. The molecule has 0 aliphatic heterocycles. The number of nitrogens with one attached hydrogen (secondary N) is 2. The molecule has 2 amide bonds. The van der Waals surface area contributed by atoms with E-state index in [2.05, 4.69) is 10.6 Å². The Balaban J connectivity index is 2.09. The number of benzene rings is 2. The Morgan fingerprint density at radius 1 is 1.09 bits per heavy atom. The number of rotatable bonds is 4. The molecule has 0 aliphatic carbocycles. The van der Waals surface area contributed by atoms with Crippen molar-refractivity contribution in [2.24, 2.45) is 0 Å². The van der Waals surface area contributed by atoms with Crippen LogP contribution in [-0.2, 0) is 0 Å². The molecule has 118 valence electrons. The maximum atomic E-state index is 11.9. The number of amides is 2. The van der Waals surface area contributed by atoms with Gasteiger partial charge >= 0.3 is 12.0 Å². The first-order chi connectivity index (χ1) is 10.9. The number of hydrogen-bond acceptors (Lipinski definition) is 4. The maximum absolute atomic E-state index is 11.9. The summed E-state index contributed by atoms with van der Waals surface area (Å²) in [6, 6.07) is 9.18. The summed E-state index contributed by atoms with van der Waals surface area (Å²) in [5.41, 5.74) is 1.36. The molecule has 23 heavy (non-hydrogen) atoms. The molecule has 0 atom stereocenters. The fraction of sp³-hybridized carbons (Fsp3) is 0.0667. The molecule has 0 radical (unpaired) electrons. The summed E-state index contributed by atoms with van der Waals surface area (Å²) in [5.74, 6) is -1.06. The zero-order valence-corrected chi connectivity index (χ0v) is 12.1. The molecule has 0 saturated carbocycles. The Morgan fingerprint density at radius 3 is 2.30 bits per heavy atom. The van der Waals surface area contributed by atoms with Crippen molar-refractivity contribution in [3.63, 3.8) is 0 Å². The van der Waals surface area contributed by atoms with Gasteiger partial charge in [-0.15, -0.1) is 0 Å². The van der Waals surface area contributed by atoms with Gasteiger partial charge in [-0.1, -0.05) is 6.07 Å². The summed E-state index contributed by atoms with van der Waals surface area (Å²) in [4.78, 5) is 32.9. The number of carboxylic acid groups (broad SMARTS) is 1. The molecule has 0 spiro atoms. The van der Waals surface area contributed by atoms with Gasteiger partial charge in [0.1, 0.15) is 0 Å². The predicted octanol–water partition coefficient (Wildman–Crippen LogP) is 3.25. The third kappa shape index (κ3) is 4.03. The Kier molecular flexibility index (Phi) is 4.55. The Morgan fingerprint density at radius 2 is 1.74 bits per heavy atom. The number of carbonyl (C=O) groups is 2. The van der Waals surface area contributed by atoms with E-state index in [0.717, 1.165) is 0 Å². The number of aryl methyl sites for hydroxylation is 1. The van der Waals surface area contributed by atoms with Crippen LogP contribution in [0, 0.1) is 17.0 Å². The summed E-state index contributed by atoms with van der Waals surface area (Å²) >= 11 is 0. The second-order valence-corrected chi connectivity index (χ2v) is 4.72. The van der Waals surface area contributed by atoms with Gasteiger partial charge in [0.2, 0.25) is 0 Å². The van der Waals surface area contributed by atoms with Gasteiger partial charge in [0.05, 0.1) is 16.2 Å². The minimum absolute atomic E-state index is 0.102. The van der Waals surface area contributed by atoms with Crippen molar-refractivity contribution in [1.29, 1.82) is 0 Å². The lowest BCUT2D eigenvalue weighted by molar-refractivity contribution is -0.384. The number of nitrogens with zero attached hydrogens (tertiary/aromatic N) is 1. The van der Waals surface area contributed by atoms with Crippen LogP contribution >= 0.6 is 0 Å². The minimum Gasteiger partial charge on any atom is -0.478 e. The van der Waals surface area contributed by atoms with Gasteiger partial charge in [0, 0.05) is 17.8 Å². The van der Waals surface area contributed by atoms with Crippen LogP contribution in [0.4, 0.5) is 21.9 Å². The van der Waals surface area contributed by atoms with Crippen molar-refractivity contribution in [1.82, 2.24) is 0 Å². The first-order valence-electron chi connectivity index (χ1n) is 6.53. The summed E-state index contributed by atoms with van der Waals surface area (Å²) in [5, 5.41) is 24.6. The Hall–Kier alpha value is -3.42. The largest absolute Gasteiger partial charge is 0.478 e. The molecule has 8 nitrogen and oxygen atoms in total. The quantitative estimate of drug-likeness (QED) is 0.590. The van der Waals surface area contributed by atoms with Crippen LogP contribution in [-0.4, -0.2) is 22.0 Å². The number of nitro groups is 1. The fourth-order valence-corrected chi connectivity index (χ4v) is 1.84. The topological polar surface area (TPSA) is 122 Å². The van der Waals surface area contributed by atoms with E-state index in [4.69, 9.17) is 5.11 Å². The van der Waals surface area contributed by atoms with Crippen molar-refractivity contribution in [2.45, 2.75) is 6.92 Å². The molecule has 0 saturated heterocycles. The monoisotopic (exact) mass is 315 g/mol. The van der Waals surface area contributed by atoms with Gasteiger partial charge in [-0.05, 0) is 36.8 Å². The second-order valence-electron chi connectivity index (χ2n) is 4.72. The van der Waals surface area contributed by atoms with E-state index >= 15 is 0 Å². The molecule has 2 aromatic carbocycles. The second kappa shape index (κ2) is 6.56. The third-order valence-electron chi connectivity index (χ3n) is 3.07. The standard InChI is InChI=1S/C15H13N3O5/c1-9-2-7-12(18(22)23)8-13(9)17-15(21)16-11-5-3-10(4-6-11)14(19)20/h2-8H,1H3,(H,19,20)(H2,16,17,21). The first kappa shape index (κ1) is 16.0. The van der Waals surface area contributed by atoms with Gasteiger partial charge in [-0.25, -0.2) is 9.59 Å². The zero-order valence-electron chi connectivity index (χ0n) is 12.1.